The molecule has 0 aromatic heterocycles. The van der Waals surface area contributed by atoms with E-state index < -0.39 is 84.1 Å². The van der Waals surface area contributed by atoms with Gasteiger partial charge in [0.1, 0.15) is 11.6 Å². The number of amides is 1. The predicted molar refractivity (Wildman–Crippen MR) is 136 cm³/mol. The van der Waals surface area contributed by atoms with Crippen LogP contribution in [0.3, 0.4) is 0 Å². The van der Waals surface area contributed by atoms with Crippen molar-refractivity contribution in [1.82, 2.24) is 5.32 Å². The van der Waals surface area contributed by atoms with Crippen molar-refractivity contribution in [2.75, 3.05) is 0 Å². The molecule has 0 heterocycles. The molecule has 0 aliphatic carbocycles. The number of benzene rings is 2. The van der Waals surface area contributed by atoms with Crippen LogP contribution in [0, 0.1) is 11.6 Å². The summed E-state index contributed by atoms with van der Waals surface area (Å²) in [5.41, 5.74) is 2.36. The Balaban J connectivity index is 2.90. The van der Waals surface area contributed by atoms with Crippen LogP contribution >= 0.6 is 0 Å². The molecule has 2 aromatic carbocycles. The molecule has 0 saturated heterocycles. The maximum atomic E-state index is 14.8. The van der Waals surface area contributed by atoms with E-state index >= 15 is 0 Å². The van der Waals surface area contributed by atoms with Crippen LogP contribution in [0.25, 0.3) is 0 Å². The summed E-state index contributed by atoms with van der Waals surface area (Å²) in [6, 6.07) is 1.84. The van der Waals surface area contributed by atoms with Crippen LogP contribution in [0.15, 0.2) is 73.4 Å². The Morgan fingerprint density at radius 3 is 2.26 bits per heavy atom. The molecule has 2 rings (SSSR count). The quantitative estimate of drug-likeness (QED) is 0.171. The number of carbonyl (C=O) groups excluding carboxylic acids is 1. The Bertz CT molecular complexity index is 1330. The zero-order chi connectivity index (χ0) is 32.6. The molecule has 0 aliphatic rings. The molecule has 2 aromatic rings. The number of hydrogen-bond donors (Lipinski definition) is 2. The minimum absolute atomic E-state index is 0.286. The molecule has 3 N–H and O–H groups in total. The van der Waals surface area contributed by atoms with Gasteiger partial charge in [0.25, 0.3) is 0 Å². The minimum Gasteiger partial charge on any atom is -0.458 e. The van der Waals surface area contributed by atoms with E-state index in [1.165, 1.54) is 30.4 Å². The molecule has 0 aliphatic heterocycles. The smallest absolute Gasteiger partial charge is 0.458 e. The normalized spacial score (nSPS) is 15.4. The largest absolute Gasteiger partial charge is 0.461 e. The maximum absolute atomic E-state index is 14.8. The van der Waals surface area contributed by atoms with Gasteiger partial charge in [-0.15, -0.1) is 0 Å². The van der Waals surface area contributed by atoms with Gasteiger partial charge in [-0.25, -0.2) is 13.2 Å². The molecule has 2 unspecified atom stereocenters. The Labute approximate surface area is 239 Å². The van der Waals surface area contributed by atoms with Crippen molar-refractivity contribution in [3.05, 3.63) is 96.1 Å². The van der Waals surface area contributed by atoms with Crippen LogP contribution in [0.4, 0.5) is 43.9 Å². The fourth-order valence-electron chi connectivity index (χ4n) is 3.81. The number of nitrogens with one attached hydrogen (secondary N) is 1. The molecular weight excluding hydrogens is 602 g/mol. The summed E-state index contributed by atoms with van der Waals surface area (Å²) in [6.07, 6.45) is -11.9. The average Bonchev–Trinajstić information content (AvgIpc) is 2.87. The molecule has 0 saturated carbocycles. The summed E-state index contributed by atoms with van der Waals surface area (Å²) in [6.45, 7) is 4.35. The highest BCUT2D eigenvalue weighted by Gasteiger charge is 2.45. The van der Waals surface area contributed by atoms with Gasteiger partial charge in [-0.05, 0) is 41.8 Å². The van der Waals surface area contributed by atoms with Crippen LogP contribution in [0.1, 0.15) is 30.9 Å². The molecule has 15 heteroatoms. The SMILES string of the molecule is C=C/C=C\C=C\C[C@](NC(=O)C(N)CC(F)(F)F)(c1cc(F)cc(OC(F)(F)C(F)F)c1)c1ccc(F)c(OC(C)F)c1. The van der Waals surface area contributed by atoms with Gasteiger partial charge in [0.05, 0.1) is 18.0 Å². The van der Waals surface area contributed by atoms with E-state index in [1.807, 2.05) is 0 Å². The number of nitrogens with two attached hydrogens (primary N) is 1. The summed E-state index contributed by atoms with van der Waals surface area (Å²) in [5.74, 6) is -5.88. The van der Waals surface area contributed by atoms with Gasteiger partial charge in [-0.1, -0.05) is 43.0 Å². The van der Waals surface area contributed by atoms with E-state index in [-0.39, 0.29) is 5.56 Å². The molecule has 236 valence electrons. The zero-order valence-electron chi connectivity index (χ0n) is 22.3. The molecule has 0 fully saturated rings. The predicted octanol–water partition coefficient (Wildman–Crippen LogP) is 7.22. The monoisotopic (exact) mass is 628 g/mol. The van der Waals surface area contributed by atoms with Gasteiger partial charge >= 0.3 is 18.7 Å². The Morgan fingerprint density at radius 1 is 1.00 bits per heavy atom. The first-order valence-electron chi connectivity index (χ1n) is 12.3. The van der Waals surface area contributed by atoms with Crippen LogP contribution in [0.2, 0.25) is 0 Å². The molecule has 1 amide bonds. The molecule has 0 bridgehead atoms. The third-order valence-corrected chi connectivity index (χ3v) is 5.63. The minimum atomic E-state index is -5.10. The molecule has 0 radical (unpaired) electrons. The maximum Gasteiger partial charge on any atom is 0.461 e. The van der Waals surface area contributed by atoms with E-state index in [4.69, 9.17) is 10.5 Å². The number of carbonyl (C=O) groups is 1. The second kappa shape index (κ2) is 14.4. The number of rotatable bonds is 14. The van der Waals surface area contributed by atoms with Gasteiger partial charge in [0.2, 0.25) is 12.3 Å². The third kappa shape index (κ3) is 10.0. The summed E-state index contributed by atoms with van der Waals surface area (Å²) in [4.78, 5) is 13.0. The lowest BCUT2D eigenvalue weighted by molar-refractivity contribution is -0.253. The first-order valence-corrected chi connectivity index (χ1v) is 12.3. The number of hydrogen-bond acceptors (Lipinski definition) is 4. The van der Waals surface area contributed by atoms with Crippen LogP contribution < -0.4 is 20.5 Å². The number of halogens is 10. The van der Waals surface area contributed by atoms with E-state index in [9.17, 15) is 48.7 Å². The van der Waals surface area contributed by atoms with Gasteiger partial charge in [0.15, 0.2) is 11.6 Å². The highest BCUT2D eigenvalue weighted by atomic mass is 19.4. The van der Waals surface area contributed by atoms with Crippen LogP contribution in [-0.4, -0.2) is 37.0 Å². The van der Waals surface area contributed by atoms with Crippen LogP contribution in [0.5, 0.6) is 11.5 Å². The molecule has 0 spiro atoms. The van der Waals surface area contributed by atoms with E-state index in [2.05, 4.69) is 16.6 Å². The van der Waals surface area contributed by atoms with E-state index in [0.29, 0.717) is 18.2 Å². The molecule has 5 nitrogen and oxygen atoms in total. The lowest BCUT2D eigenvalue weighted by Gasteiger charge is -2.37. The number of ether oxygens (including phenoxy) is 2. The van der Waals surface area contributed by atoms with Crippen molar-refractivity contribution in [2.45, 2.75) is 56.4 Å². The van der Waals surface area contributed by atoms with Gasteiger partial charge in [-0.3, -0.25) is 4.79 Å². The Hall–Kier alpha value is -4.01. The number of allylic oxidation sites excluding steroid dienone is 4. The van der Waals surface area contributed by atoms with Gasteiger partial charge in [0, 0.05) is 13.0 Å². The van der Waals surface area contributed by atoms with Gasteiger partial charge in [-0.2, -0.15) is 30.7 Å². The summed E-state index contributed by atoms with van der Waals surface area (Å²) in [7, 11) is 0. The summed E-state index contributed by atoms with van der Waals surface area (Å²) >= 11 is 0. The van der Waals surface area contributed by atoms with E-state index in [0.717, 1.165) is 25.1 Å². The average molecular weight is 629 g/mol. The van der Waals surface area contributed by atoms with Crippen molar-refractivity contribution in [3.63, 3.8) is 0 Å². The Kier molecular flexibility index (Phi) is 11.8. The van der Waals surface area contributed by atoms with Crippen molar-refractivity contribution in [1.29, 1.82) is 0 Å². The van der Waals surface area contributed by atoms with Crippen molar-refractivity contribution < 1.29 is 58.2 Å². The highest BCUT2D eigenvalue weighted by molar-refractivity contribution is 5.83. The first kappa shape index (κ1) is 35.2. The topological polar surface area (TPSA) is 73.6 Å². The summed E-state index contributed by atoms with van der Waals surface area (Å²) < 4.78 is 144. The van der Waals surface area contributed by atoms with Crippen molar-refractivity contribution >= 4 is 5.91 Å². The lowest BCUT2D eigenvalue weighted by atomic mass is 9.79. The second-order valence-corrected chi connectivity index (χ2v) is 9.02. The number of alkyl halides is 8. The van der Waals surface area contributed by atoms with E-state index in [1.54, 1.807) is 0 Å². The zero-order valence-corrected chi connectivity index (χ0v) is 22.3. The second-order valence-electron chi connectivity index (χ2n) is 9.02. The van der Waals surface area contributed by atoms with Crippen LogP contribution in [-0.2, 0) is 10.3 Å². The standard InChI is InChI=1S/C28H26F10N2O3/c1-3-4-5-6-7-10-26(40-24(41)22(39)15-27(34,35)36,17-8-9-21(31)23(13-17)42-16(2)29)18-11-19(30)14-20(12-18)43-28(37,38)25(32)33/h3-9,11-14,16,22,25H,1,10,15,39H2,2H3,(H,40,41)/b5-4-,7-6+/t16?,22?,26-/m1/s1. The molecular formula is C28H26F10N2O3. The van der Waals surface area contributed by atoms with Gasteiger partial charge < -0.3 is 20.5 Å². The Morgan fingerprint density at radius 2 is 1.67 bits per heavy atom. The highest BCUT2D eigenvalue weighted by Crippen LogP contribution is 2.40. The fourth-order valence-corrected chi connectivity index (χ4v) is 3.81. The molecule has 3 atom stereocenters. The fraction of sp³-hybridized carbons (Fsp3) is 0.321. The summed E-state index contributed by atoms with van der Waals surface area (Å²) in [5, 5.41) is 2.23. The van der Waals surface area contributed by atoms with Crippen molar-refractivity contribution in [2.24, 2.45) is 5.73 Å². The third-order valence-electron chi connectivity index (χ3n) is 5.63. The molecule has 43 heavy (non-hydrogen) atoms. The van der Waals surface area contributed by atoms with Crippen molar-refractivity contribution in [3.8, 4) is 11.5 Å². The first-order chi connectivity index (χ1) is 19.9. The lowest BCUT2D eigenvalue weighted by Crippen LogP contribution is -2.53.